The van der Waals surface area contributed by atoms with Gasteiger partial charge in [-0.2, -0.15) is 0 Å². The molecule has 3 rings (SSSR count). The molecule has 0 spiro atoms. The summed E-state index contributed by atoms with van der Waals surface area (Å²) in [6.07, 6.45) is 3.94. The monoisotopic (exact) mass is 248 g/mol. The molecule has 98 valence electrons. The van der Waals surface area contributed by atoms with Crippen molar-refractivity contribution < 1.29 is 4.39 Å². The molecule has 0 saturated carbocycles. The van der Waals surface area contributed by atoms with Crippen LogP contribution >= 0.6 is 0 Å². The molecule has 3 atom stereocenters. The molecule has 2 bridgehead atoms. The van der Waals surface area contributed by atoms with E-state index in [1.165, 1.54) is 25.3 Å². The molecule has 1 aromatic carbocycles. The Morgan fingerprint density at radius 3 is 2.89 bits per heavy atom. The fourth-order valence-corrected chi connectivity index (χ4v) is 3.51. The molecule has 0 amide bonds. The zero-order chi connectivity index (χ0) is 12.5. The van der Waals surface area contributed by atoms with Crippen LogP contribution in [0.2, 0.25) is 0 Å². The van der Waals surface area contributed by atoms with Crippen molar-refractivity contribution in [3.8, 4) is 0 Å². The van der Waals surface area contributed by atoms with Gasteiger partial charge in [-0.25, -0.2) is 4.39 Å². The van der Waals surface area contributed by atoms with Gasteiger partial charge in [0.2, 0.25) is 0 Å². The first kappa shape index (κ1) is 12.0. The first-order valence-corrected chi connectivity index (χ1v) is 7.03. The minimum Gasteiger partial charge on any atom is -0.371 e. The van der Waals surface area contributed by atoms with E-state index in [0.717, 1.165) is 30.7 Å². The van der Waals surface area contributed by atoms with E-state index >= 15 is 0 Å². The quantitative estimate of drug-likeness (QED) is 0.881. The Hall–Kier alpha value is -1.09. The number of hydrogen-bond acceptors (Lipinski definition) is 2. The minimum absolute atomic E-state index is 0.142. The molecule has 0 radical (unpaired) electrons. The summed E-state index contributed by atoms with van der Waals surface area (Å²) in [4.78, 5) is 2.30. The lowest BCUT2D eigenvalue weighted by molar-refractivity contribution is 0.405. The molecule has 0 aromatic heterocycles. The van der Waals surface area contributed by atoms with E-state index < -0.39 is 0 Å². The van der Waals surface area contributed by atoms with Crippen LogP contribution in [-0.4, -0.2) is 25.2 Å². The highest BCUT2D eigenvalue weighted by molar-refractivity contribution is 5.46. The summed E-state index contributed by atoms with van der Waals surface area (Å²) < 4.78 is 13.3. The summed E-state index contributed by atoms with van der Waals surface area (Å²) in [5, 5.41) is 3.67. The van der Waals surface area contributed by atoms with Crippen LogP contribution in [0.5, 0.6) is 0 Å². The second-order valence-electron chi connectivity index (χ2n) is 5.56. The Kier molecular flexibility index (Phi) is 3.25. The minimum atomic E-state index is -0.142. The normalized spacial score (nSPS) is 29.8. The molecule has 0 aliphatic carbocycles. The number of nitrogens with zero attached hydrogens (tertiary/aromatic N) is 1. The molecule has 2 aliphatic rings. The molecular weight excluding hydrogens is 227 g/mol. The summed E-state index contributed by atoms with van der Waals surface area (Å²) in [6, 6.07) is 8.39. The SMILES string of the molecule is CCN(CC1CC2CCC1N2)c1cccc(F)c1. The maximum Gasteiger partial charge on any atom is 0.125 e. The van der Waals surface area contributed by atoms with Crippen molar-refractivity contribution in [1.82, 2.24) is 5.32 Å². The third-order valence-electron chi connectivity index (χ3n) is 4.44. The van der Waals surface area contributed by atoms with Gasteiger partial charge in [0.1, 0.15) is 5.82 Å². The fourth-order valence-electron chi connectivity index (χ4n) is 3.51. The summed E-state index contributed by atoms with van der Waals surface area (Å²) in [7, 11) is 0. The van der Waals surface area contributed by atoms with E-state index in [9.17, 15) is 4.39 Å². The maximum absolute atomic E-state index is 13.3. The molecule has 2 heterocycles. The summed E-state index contributed by atoms with van der Waals surface area (Å²) in [5.74, 6) is 0.587. The average molecular weight is 248 g/mol. The molecular formula is C15H21FN2. The van der Waals surface area contributed by atoms with Gasteiger partial charge in [0.05, 0.1) is 0 Å². The van der Waals surface area contributed by atoms with E-state index in [4.69, 9.17) is 0 Å². The third kappa shape index (κ3) is 2.24. The van der Waals surface area contributed by atoms with E-state index in [2.05, 4.69) is 17.1 Å². The van der Waals surface area contributed by atoms with E-state index in [1.807, 2.05) is 6.07 Å². The molecule has 1 aromatic rings. The number of halogens is 1. The van der Waals surface area contributed by atoms with E-state index in [-0.39, 0.29) is 5.82 Å². The lowest BCUT2D eigenvalue weighted by Gasteiger charge is -2.30. The number of nitrogens with one attached hydrogen (secondary N) is 1. The van der Waals surface area contributed by atoms with Crippen LogP contribution in [0.25, 0.3) is 0 Å². The van der Waals surface area contributed by atoms with E-state index in [1.54, 1.807) is 12.1 Å². The van der Waals surface area contributed by atoms with E-state index in [0.29, 0.717) is 6.04 Å². The fraction of sp³-hybridized carbons (Fsp3) is 0.600. The van der Waals surface area contributed by atoms with Gasteiger partial charge >= 0.3 is 0 Å². The summed E-state index contributed by atoms with van der Waals surface area (Å²) in [5.41, 5.74) is 1.01. The molecule has 2 nitrogen and oxygen atoms in total. The molecule has 18 heavy (non-hydrogen) atoms. The Morgan fingerprint density at radius 1 is 1.39 bits per heavy atom. The van der Waals surface area contributed by atoms with Crippen molar-refractivity contribution in [2.75, 3.05) is 18.0 Å². The summed E-state index contributed by atoms with van der Waals surface area (Å²) >= 11 is 0. The van der Waals surface area contributed by atoms with Gasteiger partial charge in [0.25, 0.3) is 0 Å². The van der Waals surface area contributed by atoms with Gasteiger partial charge in [0.15, 0.2) is 0 Å². The highest BCUT2D eigenvalue weighted by Crippen LogP contribution is 2.34. The molecule has 3 unspecified atom stereocenters. The zero-order valence-electron chi connectivity index (χ0n) is 10.9. The Bertz CT molecular complexity index is 421. The van der Waals surface area contributed by atoms with Gasteiger partial charge < -0.3 is 10.2 Å². The standard InChI is InChI=1S/C15H21FN2/c1-2-18(14-5-3-4-12(16)9-14)10-11-8-13-6-7-15(11)17-13/h3-5,9,11,13,15,17H,2,6-8,10H2,1H3. The Morgan fingerprint density at radius 2 is 2.28 bits per heavy atom. The molecule has 2 saturated heterocycles. The first-order chi connectivity index (χ1) is 8.76. The predicted molar refractivity (Wildman–Crippen MR) is 72.3 cm³/mol. The number of rotatable bonds is 4. The van der Waals surface area contributed by atoms with Crippen molar-refractivity contribution in [1.29, 1.82) is 0 Å². The van der Waals surface area contributed by atoms with Gasteiger partial charge in [-0.15, -0.1) is 0 Å². The van der Waals surface area contributed by atoms with Crippen molar-refractivity contribution in [3.05, 3.63) is 30.1 Å². The predicted octanol–water partition coefficient (Wildman–Crippen LogP) is 2.79. The van der Waals surface area contributed by atoms with Crippen LogP contribution in [0.1, 0.15) is 26.2 Å². The molecule has 2 fully saturated rings. The van der Waals surface area contributed by atoms with Crippen LogP contribution in [-0.2, 0) is 0 Å². The highest BCUT2D eigenvalue weighted by atomic mass is 19.1. The van der Waals surface area contributed by atoms with Crippen molar-refractivity contribution in [2.24, 2.45) is 5.92 Å². The molecule has 1 N–H and O–H groups in total. The first-order valence-electron chi connectivity index (χ1n) is 7.03. The lowest BCUT2D eigenvalue weighted by Crippen LogP contribution is -2.35. The summed E-state index contributed by atoms with van der Waals surface area (Å²) in [6.45, 7) is 4.14. The van der Waals surface area contributed by atoms with Crippen LogP contribution in [0.15, 0.2) is 24.3 Å². The van der Waals surface area contributed by atoms with Crippen LogP contribution in [0, 0.1) is 11.7 Å². The van der Waals surface area contributed by atoms with Crippen molar-refractivity contribution >= 4 is 5.69 Å². The largest absolute Gasteiger partial charge is 0.371 e. The number of anilines is 1. The topological polar surface area (TPSA) is 15.3 Å². The zero-order valence-corrected chi connectivity index (χ0v) is 10.9. The second kappa shape index (κ2) is 4.88. The Balaban J connectivity index is 1.69. The second-order valence-corrected chi connectivity index (χ2v) is 5.56. The Labute approximate surface area is 108 Å². The van der Waals surface area contributed by atoms with Crippen LogP contribution < -0.4 is 10.2 Å². The van der Waals surface area contributed by atoms with Gasteiger partial charge in [-0.3, -0.25) is 0 Å². The maximum atomic E-state index is 13.3. The van der Waals surface area contributed by atoms with Gasteiger partial charge in [-0.1, -0.05) is 6.07 Å². The van der Waals surface area contributed by atoms with Gasteiger partial charge in [-0.05, 0) is 50.3 Å². The smallest absolute Gasteiger partial charge is 0.125 e. The van der Waals surface area contributed by atoms with Crippen LogP contribution in [0.3, 0.4) is 0 Å². The lowest BCUT2D eigenvalue weighted by atomic mass is 9.88. The van der Waals surface area contributed by atoms with Crippen molar-refractivity contribution in [3.63, 3.8) is 0 Å². The molecule has 2 aliphatic heterocycles. The highest BCUT2D eigenvalue weighted by Gasteiger charge is 2.39. The molecule has 3 heteroatoms. The van der Waals surface area contributed by atoms with Crippen LogP contribution in [0.4, 0.5) is 10.1 Å². The number of fused-ring (bicyclic) bond motifs is 2. The number of benzene rings is 1. The third-order valence-corrected chi connectivity index (χ3v) is 4.44. The van der Waals surface area contributed by atoms with Crippen molar-refractivity contribution in [2.45, 2.75) is 38.3 Å². The number of hydrogen-bond donors (Lipinski definition) is 1. The average Bonchev–Trinajstić information content (AvgIpc) is 2.98. The van der Waals surface area contributed by atoms with Gasteiger partial charge in [0, 0.05) is 30.9 Å².